The Labute approximate surface area is 180 Å². The number of carbonyl (C=O) groups excluding carboxylic acids is 1. The molecule has 3 aromatic rings. The number of H-pyrrole nitrogens is 1. The quantitative estimate of drug-likeness (QED) is 0.434. The minimum absolute atomic E-state index is 0.00123. The van der Waals surface area contributed by atoms with Crippen LogP contribution in [0.5, 0.6) is 5.75 Å². The summed E-state index contributed by atoms with van der Waals surface area (Å²) in [5, 5.41) is 7.66. The van der Waals surface area contributed by atoms with Crippen LogP contribution in [0.3, 0.4) is 0 Å². The van der Waals surface area contributed by atoms with E-state index in [2.05, 4.69) is 55.9 Å². The molecule has 1 heterocycles. The summed E-state index contributed by atoms with van der Waals surface area (Å²) in [4.78, 5) is 15.4. The summed E-state index contributed by atoms with van der Waals surface area (Å²) in [7, 11) is 0. The van der Waals surface area contributed by atoms with Crippen LogP contribution in [0, 0.1) is 0 Å². The van der Waals surface area contributed by atoms with Gasteiger partial charge in [-0.05, 0) is 63.6 Å². The van der Waals surface area contributed by atoms with E-state index < -0.39 is 0 Å². The average molecular weight is 458 g/mol. The molecule has 0 saturated heterocycles. The Balaban J connectivity index is 1.54. The van der Waals surface area contributed by atoms with Crippen molar-refractivity contribution in [1.82, 2.24) is 15.6 Å². The zero-order valence-electron chi connectivity index (χ0n) is 17.1. The molecule has 2 aromatic carbocycles. The molecule has 0 aliphatic carbocycles. The lowest BCUT2D eigenvalue weighted by molar-refractivity contribution is -0.124. The number of halogens is 1. The van der Waals surface area contributed by atoms with Crippen molar-refractivity contribution in [2.24, 2.45) is 0 Å². The van der Waals surface area contributed by atoms with Gasteiger partial charge in [-0.15, -0.1) is 0 Å². The highest BCUT2D eigenvalue weighted by molar-refractivity contribution is 9.10. The average Bonchev–Trinajstić information content (AvgIpc) is 3.06. The van der Waals surface area contributed by atoms with E-state index in [9.17, 15) is 4.79 Å². The molecule has 0 fully saturated rings. The molecule has 0 unspecified atom stereocenters. The first-order valence-electron chi connectivity index (χ1n) is 9.80. The molecule has 0 aliphatic heterocycles. The van der Waals surface area contributed by atoms with Crippen LogP contribution in [-0.4, -0.2) is 29.6 Å². The fourth-order valence-electron chi connectivity index (χ4n) is 3.21. The van der Waals surface area contributed by atoms with Crippen LogP contribution in [0.2, 0.25) is 0 Å². The summed E-state index contributed by atoms with van der Waals surface area (Å²) in [6, 6.07) is 14.2. The number of hydrogen-bond acceptors (Lipinski definition) is 3. The monoisotopic (exact) mass is 457 g/mol. The number of carbonyl (C=O) groups is 1. The summed E-state index contributed by atoms with van der Waals surface area (Å²) in [6.07, 6.45) is 3.01. The van der Waals surface area contributed by atoms with E-state index in [-0.39, 0.29) is 18.1 Å². The van der Waals surface area contributed by atoms with Crippen LogP contribution < -0.4 is 15.4 Å². The second-order valence-corrected chi connectivity index (χ2v) is 9.04. The first-order chi connectivity index (χ1) is 13.8. The van der Waals surface area contributed by atoms with E-state index in [4.69, 9.17) is 4.74 Å². The number of aromatic amines is 1. The third-order valence-electron chi connectivity index (χ3n) is 4.46. The smallest absolute Gasteiger partial charge is 0.258 e. The van der Waals surface area contributed by atoms with Crippen molar-refractivity contribution in [1.29, 1.82) is 0 Å². The van der Waals surface area contributed by atoms with Crippen LogP contribution in [0.4, 0.5) is 0 Å². The number of amides is 1. The first-order valence-corrected chi connectivity index (χ1v) is 10.6. The number of benzene rings is 2. The van der Waals surface area contributed by atoms with Crippen molar-refractivity contribution in [2.45, 2.75) is 39.3 Å². The minimum atomic E-state index is -0.271. The predicted molar refractivity (Wildman–Crippen MR) is 121 cm³/mol. The predicted octanol–water partition coefficient (Wildman–Crippen LogP) is 4.56. The van der Waals surface area contributed by atoms with Gasteiger partial charge in [-0.25, -0.2) is 0 Å². The summed E-state index contributed by atoms with van der Waals surface area (Å²) >= 11 is 3.52. The normalized spacial score (nSPS) is 11.6. The van der Waals surface area contributed by atoms with Gasteiger partial charge in [-0.2, -0.15) is 0 Å². The van der Waals surface area contributed by atoms with Crippen molar-refractivity contribution in [2.75, 3.05) is 13.2 Å². The zero-order chi connectivity index (χ0) is 20.9. The number of para-hydroxylation sites is 1. The highest BCUT2D eigenvalue weighted by atomic mass is 79.9. The van der Waals surface area contributed by atoms with E-state index >= 15 is 0 Å². The molecule has 0 radical (unpaired) electrons. The van der Waals surface area contributed by atoms with Gasteiger partial charge in [0, 0.05) is 39.2 Å². The Kier molecular flexibility index (Phi) is 6.98. The fraction of sp³-hybridized carbons (Fsp3) is 0.348. The van der Waals surface area contributed by atoms with Gasteiger partial charge in [0.1, 0.15) is 5.75 Å². The van der Waals surface area contributed by atoms with Crippen molar-refractivity contribution >= 4 is 32.7 Å². The molecule has 1 aromatic heterocycles. The fourth-order valence-corrected chi connectivity index (χ4v) is 3.62. The number of aromatic nitrogens is 1. The lowest BCUT2D eigenvalue weighted by atomic mass is 10.1. The van der Waals surface area contributed by atoms with Gasteiger partial charge in [-0.3, -0.25) is 4.79 Å². The summed E-state index contributed by atoms with van der Waals surface area (Å²) in [6.45, 7) is 7.37. The molecule has 3 N–H and O–H groups in total. The number of hydrogen-bond donors (Lipinski definition) is 3. The Hall–Kier alpha value is -2.31. The molecule has 1 amide bonds. The van der Waals surface area contributed by atoms with E-state index in [1.807, 2.05) is 45.0 Å². The van der Waals surface area contributed by atoms with Gasteiger partial charge in [0.25, 0.3) is 5.91 Å². The van der Waals surface area contributed by atoms with E-state index in [1.165, 1.54) is 16.5 Å². The molecule has 6 heteroatoms. The van der Waals surface area contributed by atoms with Crippen LogP contribution in [-0.2, 0) is 17.8 Å². The van der Waals surface area contributed by atoms with Gasteiger partial charge in [0.2, 0.25) is 0 Å². The number of rotatable bonds is 8. The van der Waals surface area contributed by atoms with Crippen molar-refractivity contribution < 1.29 is 9.53 Å². The third-order valence-corrected chi connectivity index (χ3v) is 4.95. The van der Waals surface area contributed by atoms with Crippen LogP contribution in [0.25, 0.3) is 10.9 Å². The lowest BCUT2D eigenvalue weighted by Crippen LogP contribution is -2.43. The van der Waals surface area contributed by atoms with Crippen molar-refractivity contribution in [3.8, 4) is 5.75 Å². The molecule has 0 bridgehead atoms. The summed E-state index contributed by atoms with van der Waals surface area (Å²) in [5.41, 5.74) is 3.21. The number of ether oxygens (including phenoxy) is 1. The maximum atomic E-state index is 12.0. The molecule has 0 aliphatic rings. The molecule has 0 spiro atoms. The van der Waals surface area contributed by atoms with Crippen molar-refractivity contribution in [3.63, 3.8) is 0 Å². The molecule has 3 rings (SSSR count). The third kappa shape index (κ3) is 6.34. The molecule has 5 nitrogen and oxygen atoms in total. The highest BCUT2D eigenvalue weighted by Gasteiger charge is 2.15. The Bertz CT molecular complexity index is 976. The minimum Gasteiger partial charge on any atom is -0.483 e. The zero-order valence-corrected chi connectivity index (χ0v) is 18.7. The van der Waals surface area contributed by atoms with Gasteiger partial charge in [0.15, 0.2) is 6.61 Å². The Morgan fingerprint density at radius 3 is 2.72 bits per heavy atom. The lowest BCUT2D eigenvalue weighted by Gasteiger charge is -2.21. The standard InChI is InChI=1S/C23H28BrN3O2/c1-23(2,3)27-22(28)15-29-21-9-8-18(24)12-17(21)13-25-11-10-16-14-26-20-7-5-4-6-19(16)20/h4-9,12,14,25-26H,10-11,13,15H2,1-3H3,(H,27,28). The van der Waals surface area contributed by atoms with E-state index in [1.54, 1.807) is 0 Å². The first kappa shape index (κ1) is 21.4. The van der Waals surface area contributed by atoms with Gasteiger partial charge in [0.05, 0.1) is 0 Å². The van der Waals surface area contributed by atoms with Crippen molar-refractivity contribution in [3.05, 3.63) is 64.3 Å². The van der Waals surface area contributed by atoms with Crippen LogP contribution in [0.15, 0.2) is 53.1 Å². The summed E-state index contributed by atoms with van der Waals surface area (Å²) in [5.74, 6) is 0.593. The number of nitrogens with one attached hydrogen (secondary N) is 3. The largest absolute Gasteiger partial charge is 0.483 e. The Morgan fingerprint density at radius 2 is 1.93 bits per heavy atom. The number of fused-ring (bicyclic) bond motifs is 1. The SMILES string of the molecule is CC(C)(C)NC(=O)COc1ccc(Br)cc1CNCCc1c[nH]c2ccccc12. The molecule has 154 valence electrons. The Morgan fingerprint density at radius 1 is 1.14 bits per heavy atom. The maximum Gasteiger partial charge on any atom is 0.258 e. The molecular weight excluding hydrogens is 430 g/mol. The van der Waals surface area contributed by atoms with E-state index in [0.717, 1.165) is 28.8 Å². The van der Waals surface area contributed by atoms with E-state index in [0.29, 0.717) is 6.54 Å². The second kappa shape index (κ2) is 9.46. The second-order valence-electron chi connectivity index (χ2n) is 8.13. The topological polar surface area (TPSA) is 66.2 Å². The van der Waals surface area contributed by atoms with Crippen LogP contribution in [0.1, 0.15) is 31.9 Å². The highest BCUT2D eigenvalue weighted by Crippen LogP contribution is 2.23. The van der Waals surface area contributed by atoms with Gasteiger partial charge in [-0.1, -0.05) is 34.1 Å². The summed E-state index contributed by atoms with van der Waals surface area (Å²) < 4.78 is 6.77. The van der Waals surface area contributed by atoms with Gasteiger partial charge < -0.3 is 20.4 Å². The van der Waals surface area contributed by atoms with Crippen LogP contribution >= 0.6 is 15.9 Å². The molecular formula is C23H28BrN3O2. The maximum absolute atomic E-state index is 12.0. The van der Waals surface area contributed by atoms with Gasteiger partial charge >= 0.3 is 0 Å². The molecule has 29 heavy (non-hydrogen) atoms. The molecule has 0 saturated carbocycles. The molecule has 0 atom stereocenters.